The summed E-state index contributed by atoms with van der Waals surface area (Å²) >= 11 is 0. The lowest BCUT2D eigenvalue weighted by Crippen LogP contribution is -2.54. The molecule has 0 bridgehead atoms. The van der Waals surface area contributed by atoms with E-state index in [0.29, 0.717) is 23.4 Å². The van der Waals surface area contributed by atoms with Gasteiger partial charge >= 0.3 is 0 Å². The van der Waals surface area contributed by atoms with Gasteiger partial charge in [-0.05, 0) is 33.1 Å². The number of guanidine groups is 1. The number of morpholine rings is 1. The summed E-state index contributed by atoms with van der Waals surface area (Å²) in [4.78, 5) is 6.87. The SMILES string of the molecule is CCS(=O)C1CCCC(NC(=NC)NCC(C)N2CCOCC2C)C1. The summed E-state index contributed by atoms with van der Waals surface area (Å²) < 4.78 is 17.6. The van der Waals surface area contributed by atoms with E-state index in [1.807, 2.05) is 14.0 Å². The van der Waals surface area contributed by atoms with E-state index in [1.165, 1.54) is 0 Å². The molecular formula is C18H36N4O2S. The molecule has 0 amide bonds. The van der Waals surface area contributed by atoms with Crippen LogP contribution < -0.4 is 10.6 Å². The normalized spacial score (nSPS) is 31.4. The van der Waals surface area contributed by atoms with E-state index < -0.39 is 10.8 Å². The summed E-state index contributed by atoms with van der Waals surface area (Å²) in [6.07, 6.45) is 4.36. The maximum atomic E-state index is 12.1. The number of aliphatic imine (C=N–C) groups is 1. The molecule has 1 saturated carbocycles. The van der Waals surface area contributed by atoms with Gasteiger partial charge in [-0.25, -0.2) is 0 Å². The largest absolute Gasteiger partial charge is 0.379 e. The molecule has 0 radical (unpaired) electrons. The minimum atomic E-state index is -0.688. The van der Waals surface area contributed by atoms with Crippen LogP contribution in [0.25, 0.3) is 0 Å². The van der Waals surface area contributed by atoms with Crippen molar-refractivity contribution in [2.24, 2.45) is 4.99 Å². The summed E-state index contributed by atoms with van der Waals surface area (Å²) in [6, 6.07) is 1.27. The van der Waals surface area contributed by atoms with Crippen LogP contribution in [0.3, 0.4) is 0 Å². The van der Waals surface area contributed by atoms with Gasteiger partial charge in [0, 0.05) is 60.1 Å². The van der Waals surface area contributed by atoms with Gasteiger partial charge < -0.3 is 15.4 Å². The van der Waals surface area contributed by atoms with Gasteiger partial charge in [0.2, 0.25) is 0 Å². The summed E-state index contributed by atoms with van der Waals surface area (Å²) in [5.41, 5.74) is 0. The van der Waals surface area contributed by atoms with Crippen molar-refractivity contribution in [3.8, 4) is 0 Å². The first-order valence-electron chi connectivity index (χ1n) is 9.73. The second kappa shape index (κ2) is 10.5. The van der Waals surface area contributed by atoms with Gasteiger partial charge in [0.15, 0.2) is 5.96 Å². The molecule has 1 heterocycles. The molecule has 146 valence electrons. The van der Waals surface area contributed by atoms with Gasteiger partial charge in [-0.2, -0.15) is 0 Å². The van der Waals surface area contributed by atoms with Crippen molar-refractivity contribution in [2.75, 3.05) is 39.1 Å². The molecule has 2 fully saturated rings. The van der Waals surface area contributed by atoms with Gasteiger partial charge in [-0.3, -0.25) is 14.1 Å². The Hall–Kier alpha value is -0.660. The number of nitrogens with zero attached hydrogens (tertiary/aromatic N) is 2. The Morgan fingerprint density at radius 3 is 2.92 bits per heavy atom. The van der Waals surface area contributed by atoms with Crippen molar-refractivity contribution in [3.63, 3.8) is 0 Å². The van der Waals surface area contributed by atoms with Crippen LogP contribution in [0.15, 0.2) is 4.99 Å². The van der Waals surface area contributed by atoms with E-state index in [4.69, 9.17) is 4.74 Å². The van der Waals surface area contributed by atoms with Crippen LogP contribution in [0, 0.1) is 0 Å². The lowest BCUT2D eigenvalue weighted by atomic mass is 9.95. The van der Waals surface area contributed by atoms with Gasteiger partial charge in [0.05, 0.1) is 13.2 Å². The molecule has 1 aliphatic heterocycles. The average Bonchev–Trinajstić information content (AvgIpc) is 2.64. The predicted molar refractivity (Wildman–Crippen MR) is 106 cm³/mol. The van der Waals surface area contributed by atoms with E-state index in [1.54, 1.807) is 0 Å². The van der Waals surface area contributed by atoms with Crippen LogP contribution in [0.2, 0.25) is 0 Å². The average molecular weight is 373 g/mol. The fraction of sp³-hybridized carbons (Fsp3) is 0.944. The molecule has 5 unspecified atom stereocenters. The molecule has 0 aromatic heterocycles. The fourth-order valence-corrected chi connectivity index (χ4v) is 5.24. The monoisotopic (exact) mass is 372 g/mol. The zero-order chi connectivity index (χ0) is 18.2. The second-order valence-corrected chi connectivity index (χ2v) is 9.27. The van der Waals surface area contributed by atoms with E-state index in [0.717, 1.165) is 63.7 Å². The quantitative estimate of drug-likeness (QED) is 0.544. The summed E-state index contributed by atoms with van der Waals surface area (Å²) in [7, 11) is 1.13. The van der Waals surface area contributed by atoms with Crippen molar-refractivity contribution < 1.29 is 8.95 Å². The van der Waals surface area contributed by atoms with Gasteiger partial charge in [0.1, 0.15) is 0 Å². The van der Waals surface area contributed by atoms with Gasteiger partial charge in [-0.15, -0.1) is 0 Å². The van der Waals surface area contributed by atoms with Crippen LogP contribution in [-0.4, -0.2) is 77.5 Å². The minimum Gasteiger partial charge on any atom is -0.379 e. The van der Waals surface area contributed by atoms with Crippen LogP contribution in [0.1, 0.15) is 46.5 Å². The molecular weight excluding hydrogens is 336 g/mol. The van der Waals surface area contributed by atoms with E-state index >= 15 is 0 Å². The zero-order valence-electron chi connectivity index (χ0n) is 16.3. The van der Waals surface area contributed by atoms with Crippen molar-refractivity contribution in [3.05, 3.63) is 0 Å². The Balaban J connectivity index is 1.79. The first-order chi connectivity index (χ1) is 12.0. The second-order valence-electron chi connectivity index (χ2n) is 7.26. The Labute approximate surface area is 155 Å². The molecule has 5 atom stereocenters. The fourth-order valence-electron chi connectivity index (χ4n) is 3.89. The highest BCUT2D eigenvalue weighted by atomic mass is 32.2. The van der Waals surface area contributed by atoms with Crippen LogP contribution in [0.4, 0.5) is 0 Å². The molecule has 2 rings (SSSR count). The predicted octanol–water partition coefficient (Wildman–Crippen LogP) is 1.34. The highest BCUT2D eigenvalue weighted by molar-refractivity contribution is 7.85. The van der Waals surface area contributed by atoms with Crippen molar-refractivity contribution >= 4 is 16.8 Å². The number of ether oxygens (including phenoxy) is 1. The number of rotatable bonds is 6. The number of hydrogen-bond donors (Lipinski definition) is 2. The first kappa shape index (κ1) is 20.6. The Kier molecular flexibility index (Phi) is 8.66. The highest BCUT2D eigenvalue weighted by Gasteiger charge is 2.27. The molecule has 25 heavy (non-hydrogen) atoms. The zero-order valence-corrected chi connectivity index (χ0v) is 17.1. The first-order valence-corrected chi connectivity index (χ1v) is 11.1. The molecule has 2 N–H and O–H groups in total. The summed E-state index contributed by atoms with van der Waals surface area (Å²) in [6.45, 7) is 9.98. The maximum Gasteiger partial charge on any atom is 0.191 e. The Morgan fingerprint density at radius 2 is 2.24 bits per heavy atom. The smallest absolute Gasteiger partial charge is 0.191 e. The number of hydrogen-bond acceptors (Lipinski definition) is 4. The van der Waals surface area contributed by atoms with E-state index in [2.05, 4.69) is 34.4 Å². The lowest BCUT2D eigenvalue weighted by molar-refractivity contribution is -0.0174. The third kappa shape index (κ3) is 6.22. The topological polar surface area (TPSA) is 66.0 Å². The third-order valence-electron chi connectivity index (χ3n) is 5.40. The summed E-state index contributed by atoms with van der Waals surface area (Å²) in [5.74, 6) is 1.63. The molecule has 6 nitrogen and oxygen atoms in total. The highest BCUT2D eigenvalue weighted by Crippen LogP contribution is 2.23. The molecule has 1 saturated heterocycles. The Bertz CT molecular complexity index is 460. The van der Waals surface area contributed by atoms with Crippen LogP contribution in [0.5, 0.6) is 0 Å². The summed E-state index contributed by atoms with van der Waals surface area (Å²) in [5, 5.41) is 7.35. The standard InChI is InChI=1S/C18H36N4O2S/c1-5-25(23)17-8-6-7-16(11-17)21-18(19-4)20-12-14(2)22-9-10-24-13-15(22)3/h14-17H,5-13H2,1-4H3,(H2,19,20,21). The number of nitrogens with one attached hydrogen (secondary N) is 2. The van der Waals surface area contributed by atoms with Crippen molar-refractivity contribution in [1.29, 1.82) is 0 Å². The van der Waals surface area contributed by atoms with Crippen molar-refractivity contribution in [2.45, 2.75) is 69.8 Å². The maximum absolute atomic E-state index is 12.1. The van der Waals surface area contributed by atoms with Crippen molar-refractivity contribution in [1.82, 2.24) is 15.5 Å². The molecule has 0 aromatic rings. The Morgan fingerprint density at radius 1 is 1.44 bits per heavy atom. The minimum absolute atomic E-state index is 0.336. The lowest BCUT2D eigenvalue weighted by Gasteiger charge is -2.38. The van der Waals surface area contributed by atoms with Gasteiger partial charge in [-0.1, -0.05) is 13.3 Å². The molecule has 0 spiro atoms. The van der Waals surface area contributed by atoms with Gasteiger partial charge in [0.25, 0.3) is 0 Å². The molecule has 2 aliphatic rings. The van der Waals surface area contributed by atoms with Crippen LogP contribution >= 0.6 is 0 Å². The molecule has 0 aromatic carbocycles. The van der Waals surface area contributed by atoms with Crippen LogP contribution in [-0.2, 0) is 15.5 Å². The molecule has 7 heteroatoms. The van der Waals surface area contributed by atoms with E-state index in [9.17, 15) is 4.21 Å². The van der Waals surface area contributed by atoms with E-state index in [-0.39, 0.29) is 0 Å². The molecule has 1 aliphatic carbocycles. The third-order valence-corrected chi connectivity index (χ3v) is 7.14.